The summed E-state index contributed by atoms with van der Waals surface area (Å²) in [5.74, 6) is 0.00600. The number of thioether (sulfide) groups is 1. The zero-order chi connectivity index (χ0) is 17.9. The van der Waals surface area contributed by atoms with Gasteiger partial charge in [0.15, 0.2) is 11.5 Å². The Morgan fingerprint density at radius 1 is 1.12 bits per heavy atom. The SMILES string of the molecule is COc1cc(OC)c(OC)cc1/C=C1\SC(=O)N(CC(N)=O)C1=O. The highest BCUT2D eigenvalue weighted by Crippen LogP contribution is 2.38. The van der Waals surface area contributed by atoms with Crippen LogP contribution < -0.4 is 19.9 Å². The zero-order valence-corrected chi connectivity index (χ0v) is 14.1. The van der Waals surface area contributed by atoms with Crippen LogP contribution in [0, 0.1) is 0 Å². The van der Waals surface area contributed by atoms with Crippen LogP contribution in [0.25, 0.3) is 6.08 Å². The fraction of sp³-hybridized carbons (Fsp3) is 0.267. The average molecular weight is 352 g/mol. The molecule has 1 heterocycles. The Labute approximate surface area is 142 Å². The van der Waals surface area contributed by atoms with Crippen LogP contribution in [-0.2, 0) is 9.59 Å². The van der Waals surface area contributed by atoms with Gasteiger partial charge in [0.05, 0.1) is 26.2 Å². The molecular weight excluding hydrogens is 336 g/mol. The van der Waals surface area contributed by atoms with Crippen molar-refractivity contribution >= 4 is 34.9 Å². The maximum atomic E-state index is 12.2. The summed E-state index contributed by atoms with van der Waals surface area (Å²) in [6.45, 7) is -0.453. The highest BCUT2D eigenvalue weighted by Gasteiger charge is 2.36. The smallest absolute Gasteiger partial charge is 0.294 e. The molecule has 0 spiro atoms. The van der Waals surface area contributed by atoms with Gasteiger partial charge in [-0.15, -0.1) is 0 Å². The number of rotatable bonds is 6. The van der Waals surface area contributed by atoms with Gasteiger partial charge in [-0.2, -0.15) is 0 Å². The fourth-order valence-electron chi connectivity index (χ4n) is 2.10. The van der Waals surface area contributed by atoms with Gasteiger partial charge in [-0.3, -0.25) is 19.3 Å². The first-order chi connectivity index (χ1) is 11.4. The monoisotopic (exact) mass is 352 g/mol. The van der Waals surface area contributed by atoms with Crippen LogP contribution >= 0.6 is 11.8 Å². The molecule has 0 saturated carbocycles. The Balaban J connectivity index is 2.42. The quantitative estimate of drug-likeness (QED) is 0.767. The van der Waals surface area contributed by atoms with Crippen molar-refractivity contribution in [3.63, 3.8) is 0 Å². The van der Waals surface area contributed by atoms with E-state index in [4.69, 9.17) is 19.9 Å². The Kier molecular flexibility index (Phi) is 5.35. The summed E-state index contributed by atoms with van der Waals surface area (Å²) in [5.41, 5.74) is 5.57. The van der Waals surface area contributed by atoms with E-state index in [1.165, 1.54) is 27.4 Å². The lowest BCUT2D eigenvalue weighted by Crippen LogP contribution is -2.36. The lowest BCUT2D eigenvalue weighted by Gasteiger charge is -2.12. The average Bonchev–Trinajstić information content (AvgIpc) is 2.81. The van der Waals surface area contributed by atoms with E-state index in [1.807, 2.05) is 0 Å². The van der Waals surface area contributed by atoms with Crippen molar-refractivity contribution in [2.45, 2.75) is 0 Å². The number of ether oxygens (including phenoxy) is 3. The van der Waals surface area contributed by atoms with E-state index >= 15 is 0 Å². The molecule has 1 aliphatic rings. The highest BCUT2D eigenvalue weighted by molar-refractivity contribution is 8.18. The number of methoxy groups -OCH3 is 3. The van der Waals surface area contributed by atoms with E-state index in [2.05, 4.69) is 0 Å². The molecule has 1 fully saturated rings. The normalized spacial score (nSPS) is 15.8. The molecule has 0 aromatic heterocycles. The number of benzene rings is 1. The largest absolute Gasteiger partial charge is 0.496 e. The molecule has 9 heteroatoms. The Hall–Kier alpha value is -2.68. The highest BCUT2D eigenvalue weighted by atomic mass is 32.2. The third-order valence-corrected chi connectivity index (χ3v) is 4.12. The molecule has 0 aliphatic carbocycles. The summed E-state index contributed by atoms with van der Waals surface area (Å²) < 4.78 is 15.7. The maximum Gasteiger partial charge on any atom is 0.294 e. The van der Waals surface area contributed by atoms with E-state index in [9.17, 15) is 14.4 Å². The third-order valence-electron chi connectivity index (χ3n) is 3.21. The van der Waals surface area contributed by atoms with Crippen molar-refractivity contribution in [2.24, 2.45) is 5.73 Å². The van der Waals surface area contributed by atoms with Gasteiger partial charge in [0.2, 0.25) is 5.91 Å². The van der Waals surface area contributed by atoms with Crippen molar-refractivity contribution in [1.29, 1.82) is 0 Å². The van der Waals surface area contributed by atoms with E-state index in [0.29, 0.717) is 22.8 Å². The molecule has 128 valence electrons. The van der Waals surface area contributed by atoms with E-state index < -0.39 is 23.6 Å². The summed E-state index contributed by atoms with van der Waals surface area (Å²) in [7, 11) is 4.44. The van der Waals surface area contributed by atoms with Crippen LogP contribution in [-0.4, -0.2) is 49.8 Å². The molecule has 24 heavy (non-hydrogen) atoms. The number of nitrogens with two attached hydrogens (primary N) is 1. The standard InChI is InChI=1S/C15H16N2O6S/c1-21-9-6-11(23-3)10(22-2)4-8(9)5-12-14(19)17(7-13(16)18)15(20)24-12/h4-6H,7H2,1-3H3,(H2,16,18)/b12-5-. The molecule has 1 saturated heterocycles. The maximum absolute atomic E-state index is 12.2. The fourth-order valence-corrected chi connectivity index (χ4v) is 2.93. The van der Waals surface area contributed by atoms with Crippen LogP contribution in [0.3, 0.4) is 0 Å². The number of hydrogen-bond donors (Lipinski definition) is 1. The molecule has 3 amide bonds. The predicted molar refractivity (Wildman–Crippen MR) is 88.0 cm³/mol. The molecule has 8 nitrogen and oxygen atoms in total. The summed E-state index contributed by atoms with van der Waals surface area (Å²) in [6.07, 6.45) is 1.49. The number of amides is 3. The van der Waals surface area contributed by atoms with Gasteiger partial charge >= 0.3 is 0 Å². The first-order valence-corrected chi connectivity index (χ1v) is 7.56. The molecule has 1 aliphatic heterocycles. The Bertz CT molecular complexity index is 731. The van der Waals surface area contributed by atoms with E-state index in [0.717, 1.165) is 16.7 Å². The molecule has 1 aromatic rings. The van der Waals surface area contributed by atoms with E-state index in [-0.39, 0.29) is 4.91 Å². The lowest BCUT2D eigenvalue weighted by atomic mass is 10.1. The number of nitrogens with zero attached hydrogens (tertiary/aromatic N) is 1. The number of carbonyl (C=O) groups excluding carboxylic acids is 3. The van der Waals surface area contributed by atoms with Crippen LogP contribution in [0.1, 0.15) is 5.56 Å². The predicted octanol–water partition coefficient (Wildman–Crippen LogP) is 1.23. The molecule has 2 rings (SSSR count). The summed E-state index contributed by atoms with van der Waals surface area (Å²) >= 11 is 0.724. The molecule has 0 radical (unpaired) electrons. The van der Waals surface area contributed by atoms with Crippen molar-refractivity contribution < 1.29 is 28.6 Å². The summed E-state index contributed by atoms with van der Waals surface area (Å²) in [4.78, 5) is 36.0. The first-order valence-electron chi connectivity index (χ1n) is 6.75. The molecule has 0 unspecified atom stereocenters. The minimum atomic E-state index is -0.762. The van der Waals surface area contributed by atoms with Crippen LogP contribution in [0.4, 0.5) is 4.79 Å². The number of primary amides is 1. The molecule has 0 bridgehead atoms. The molecule has 0 atom stereocenters. The lowest BCUT2D eigenvalue weighted by molar-refractivity contribution is -0.127. The molecule has 2 N–H and O–H groups in total. The van der Waals surface area contributed by atoms with Gasteiger partial charge in [0.25, 0.3) is 11.1 Å². The van der Waals surface area contributed by atoms with Crippen molar-refractivity contribution in [3.8, 4) is 17.2 Å². The van der Waals surface area contributed by atoms with E-state index in [1.54, 1.807) is 12.1 Å². The number of imide groups is 1. The molecular formula is C15H16N2O6S. The molecule has 1 aromatic carbocycles. The van der Waals surface area contributed by atoms with Gasteiger partial charge < -0.3 is 19.9 Å². The second-order valence-corrected chi connectivity index (χ2v) is 5.68. The topological polar surface area (TPSA) is 108 Å². The van der Waals surface area contributed by atoms with Crippen molar-refractivity contribution in [2.75, 3.05) is 27.9 Å². The minimum Gasteiger partial charge on any atom is -0.496 e. The Morgan fingerprint density at radius 3 is 2.25 bits per heavy atom. The minimum absolute atomic E-state index is 0.159. The second kappa shape index (κ2) is 7.26. The van der Waals surface area contributed by atoms with Crippen LogP contribution in [0.15, 0.2) is 17.0 Å². The van der Waals surface area contributed by atoms with Gasteiger partial charge in [-0.25, -0.2) is 0 Å². The zero-order valence-electron chi connectivity index (χ0n) is 13.3. The second-order valence-electron chi connectivity index (χ2n) is 4.68. The summed E-state index contributed by atoms with van der Waals surface area (Å²) in [6, 6.07) is 3.23. The van der Waals surface area contributed by atoms with Crippen LogP contribution in [0.5, 0.6) is 17.2 Å². The van der Waals surface area contributed by atoms with Crippen molar-refractivity contribution in [1.82, 2.24) is 4.90 Å². The van der Waals surface area contributed by atoms with Gasteiger partial charge in [0, 0.05) is 11.6 Å². The van der Waals surface area contributed by atoms with Crippen LogP contribution in [0.2, 0.25) is 0 Å². The Morgan fingerprint density at radius 2 is 1.71 bits per heavy atom. The summed E-state index contributed by atoms with van der Waals surface area (Å²) in [5, 5.41) is -0.551. The third kappa shape index (κ3) is 3.46. The van der Waals surface area contributed by atoms with Gasteiger partial charge in [-0.1, -0.05) is 0 Å². The number of hydrogen-bond acceptors (Lipinski definition) is 7. The first kappa shape index (κ1) is 17.7. The number of carbonyl (C=O) groups is 3. The van der Waals surface area contributed by atoms with Crippen molar-refractivity contribution in [3.05, 3.63) is 22.6 Å². The van der Waals surface area contributed by atoms with Gasteiger partial charge in [-0.05, 0) is 23.9 Å². The van der Waals surface area contributed by atoms with Gasteiger partial charge in [0.1, 0.15) is 12.3 Å².